The number of benzene rings is 1. The van der Waals surface area contributed by atoms with Crippen LogP contribution in [0.5, 0.6) is 0 Å². The van der Waals surface area contributed by atoms with Gasteiger partial charge in [-0.1, -0.05) is 30.3 Å². The van der Waals surface area contributed by atoms with Crippen LogP contribution in [-0.2, 0) is 30.3 Å². The molecular weight excluding hydrogens is 442 g/mol. The van der Waals surface area contributed by atoms with Gasteiger partial charge >= 0.3 is 0 Å². The highest BCUT2D eigenvalue weighted by Gasteiger charge is 2.48. The van der Waals surface area contributed by atoms with Gasteiger partial charge in [0.15, 0.2) is 12.6 Å². The molecule has 1 aromatic rings. The third-order valence-electron chi connectivity index (χ3n) is 5.60. The summed E-state index contributed by atoms with van der Waals surface area (Å²) in [5.41, 5.74) is 0.817. The van der Waals surface area contributed by atoms with E-state index in [4.69, 9.17) is 18.9 Å². The van der Waals surface area contributed by atoms with Crippen LogP contribution in [0.4, 0.5) is 0 Å². The number of ether oxygens (including phenoxy) is 4. The first kappa shape index (κ1) is 25.9. The minimum Gasteiger partial charge on any atom is -0.394 e. The molecule has 2 aliphatic rings. The van der Waals surface area contributed by atoms with E-state index in [2.05, 4.69) is 5.32 Å². The van der Waals surface area contributed by atoms with Crippen molar-refractivity contribution >= 4 is 5.91 Å². The molecule has 0 aliphatic carbocycles. The molecule has 0 bridgehead atoms. The molecule has 3 rings (SSSR count). The lowest BCUT2D eigenvalue weighted by atomic mass is 9.96. The molecule has 12 heteroatoms. The summed E-state index contributed by atoms with van der Waals surface area (Å²) >= 11 is 0. The van der Waals surface area contributed by atoms with Gasteiger partial charge in [-0.15, -0.1) is 0 Å². The smallest absolute Gasteiger partial charge is 0.217 e. The average molecular weight is 473 g/mol. The zero-order valence-electron chi connectivity index (χ0n) is 18.0. The van der Waals surface area contributed by atoms with Crippen LogP contribution in [0.3, 0.4) is 0 Å². The summed E-state index contributed by atoms with van der Waals surface area (Å²) in [6.07, 6.45) is -12.7. The largest absolute Gasteiger partial charge is 0.394 e. The number of hydrogen-bond donors (Lipinski definition) is 7. The summed E-state index contributed by atoms with van der Waals surface area (Å²) in [6.45, 7) is 0.325. The maximum absolute atomic E-state index is 11.6. The van der Waals surface area contributed by atoms with Gasteiger partial charge in [0.25, 0.3) is 0 Å². The topological polar surface area (TPSA) is 187 Å². The number of carbonyl (C=O) groups is 1. The number of carbonyl (C=O) groups excluding carboxylic acids is 1. The van der Waals surface area contributed by atoms with Gasteiger partial charge in [0.2, 0.25) is 5.91 Å². The zero-order chi connectivity index (χ0) is 24.1. The molecule has 0 radical (unpaired) electrons. The highest BCUT2D eigenvalue weighted by atomic mass is 16.7. The first-order chi connectivity index (χ1) is 15.7. The van der Waals surface area contributed by atoms with Gasteiger partial charge in [-0.2, -0.15) is 0 Å². The molecular formula is C21H31NO11. The van der Waals surface area contributed by atoms with E-state index in [1.165, 1.54) is 6.92 Å². The Morgan fingerprint density at radius 2 is 1.52 bits per heavy atom. The van der Waals surface area contributed by atoms with Crippen LogP contribution in [0.25, 0.3) is 0 Å². The van der Waals surface area contributed by atoms with E-state index in [-0.39, 0.29) is 6.61 Å². The number of hydrogen-bond acceptors (Lipinski definition) is 11. The highest BCUT2D eigenvalue weighted by Crippen LogP contribution is 2.26. The summed E-state index contributed by atoms with van der Waals surface area (Å²) in [6, 6.07) is 8.06. The third kappa shape index (κ3) is 6.25. The Bertz CT molecular complexity index is 751. The van der Waals surface area contributed by atoms with Crippen molar-refractivity contribution in [3.63, 3.8) is 0 Å². The number of rotatable bonds is 8. The molecule has 2 unspecified atom stereocenters. The summed E-state index contributed by atoms with van der Waals surface area (Å²) in [5, 5.41) is 62.8. The SMILES string of the molecule is CC(=O)N[C@@H]1[C@@H](OCc2ccccc2)OC(CO[C@@H]2OC(CO)[C@H](O)[C@H](O)[C@@H]2O)[C@H](O)[C@@H]1O. The monoisotopic (exact) mass is 473 g/mol. The lowest BCUT2D eigenvalue weighted by Crippen LogP contribution is -2.65. The van der Waals surface area contributed by atoms with E-state index in [1.807, 2.05) is 30.3 Å². The van der Waals surface area contributed by atoms with Gasteiger partial charge in [-0.05, 0) is 5.56 Å². The molecule has 12 nitrogen and oxygen atoms in total. The molecule has 33 heavy (non-hydrogen) atoms. The Labute approximate surface area is 190 Å². The van der Waals surface area contributed by atoms with Crippen molar-refractivity contribution in [2.24, 2.45) is 0 Å². The van der Waals surface area contributed by atoms with Gasteiger partial charge in [-0.25, -0.2) is 0 Å². The minimum atomic E-state index is -1.63. The van der Waals surface area contributed by atoms with Gasteiger partial charge in [0.05, 0.1) is 19.8 Å². The Hall–Kier alpha value is -1.71. The second-order valence-electron chi connectivity index (χ2n) is 8.08. The van der Waals surface area contributed by atoms with Crippen LogP contribution in [0.15, 0.2) is 30.3 Å². The lowest BCUT2D eigenvalue weighted by molar-refractivity contribution is -0.322. The second-order valence-corrected chi connectivity index (χ2v) is 8.08. The molecule has 2 aliphatic heterocycles. The van der Waals surface area contributed by atoms with E-state index < -0.39 is 80.5 Å². The van der Waals surface area contributed by atoms with E-state index in [0.717, 1.165) is 5.56 Å². The second kappa shape index (κ2) is 11.6. The highest BCUT2D eigenvalue weighted by molar-refractivity contribution is 5.73. The molecule has 0 saturated carbocycles. The molecule has 0 spiro atoms. The minimum absolute atomic E-state index is 0.102. The van der Waals surface area contributed by atoms with Crippen LogP contribution >= 0.6 is 0 Å². The molecule has 2 heterocycles. The van der Waals surface area contributed by atoms with Crippen molar-refractivity contribution in [3.8, 4) is 0 Å². The lowest BCUT2D eigenvalue weighted by Gasteiger charge is -2.44. The molecule has 2 saturated heterocycles. The van der Waals surface area contributed by atoms with Gasteiger partial charge in [-0.3, -0.25) is 4.79 Å². The van der Waals surface area contributed by atoms with Gasteiger partial charge in [0, 0.05) is 6.92 Å². The predicted molar refractivity (Wildman–Crippen MR) is 109 cm³/mol. The van der Waals surface area contributed by atoms with E-state index >= 15 is 0 Å². The molecule has 2 fully saturated rings. The number of nitrogens with one attached hydrogen (secondary N) is 1. The van der Waals surface area contributed by atoms with Crippen molar-refractivity contribution < 1.29 is 54.4 Å². The molecule has 7 N–H and O–H groups in total. The van der Waals surface area contributed by atoms with Crippen molar-refractivity contribution in [1.29, 1.82) is 0 Å². The maximum atomic E-state index is 11.6. The molecule has 0 aromatic heterocycles. The van der Waals surface area contributed by atoms with Gasteiger partial charge in [0.1, 0.15) is 48.8 Å². The third-order valence-corrected chi connectivity index (χ3v) is 5.60. The summed E-state index contributed by atoms with van der Waals surface area (Å²) in [4.78, 5) is 11.6. The summed E-state index contributed by atoms with van der Waals surface area (Å²) in [5.74, 6) is -0.459. The zero-order valence-corrected chi connectivity index (χ0v) is 18.0. The fraction of sp³-hybridized carbons (Fsp3) is 0.667. The quantitative estimate of drug-likeness (QED) is 0.203. The Kier molecular flexibility index (Phi) is 9.12. The maximum Gasteiger partial charge on any atom is 0.217 e. The average Bonchev–Trinajstić information content (AvgIpc) is 2.81. The number of amides is 1. The summed E-state index contributed by atoms with van der Waals surface area (Å²) in [7, 11) is 0. The number of aliphatic hydroxyl groups excluding tert-OH is 6. The fourth-order valence-corrected chi connectivity index (χ4v) is 3.75. The van der Waals surface area contributed by atoms with Crippen LogP contribution in [-0.4, -0.2) is 111 Å². The Morgan fingerprint density at radius 3 is 2.15 bits per heavy atom. The van der Waals surface area contributed by atoms with Crippen LogP contribution < -0.4 is 5.32 Å². The first-order valence-corrected chi connectivity index (χ1v) is 10.6. The van der Waals surface area contributed by atoms with E-state index in [1.54, 1.807) is 0 Å². The van der Waals surface area contributed by atoms with Crippen LogP contribution in [0.1, 0.15) is 12.5 Å². The Morgan fingerprint density at radius 1 is 0.879 bits per heavy atom. The van der Waals surface area contributed by atoms with Gasteiger partial charge < -0.3 is 54.9 Å². The van der Waals surface area contributed by atoms with Crippen molar-refractivity contribution in [3.05, 3.63) is 35.9 Å². The standard InChI is InChI=1S/C21H31NO11/c1-10(24)22-14-17(27)16(26)13(33-20(14)30-8-11-5-3-2-4-6-11)9-31-21-19(29)18(28)15(25)12(7-23)32-21/h2-6,12-21,23,25-29H,7-9H2,1H3,(H,22,24)/t12?,13?,14-,15-,16-,17+,18-,19-,20-,21+/m0/s1. The number of aliphatic hydroxyl groups is 6. The summed E-state index contributed by atoms with van der Waals surface area (Å²) < 4.78 is 22.2. The van der Waals surface area contributed by atoms with Crippen LogP contribution in [0.2, 0.25) is 0 Å². The first-order valence-electron chi connectivity index (χ1n) is 10.6. The van der Waals surface area contributed by atoms with Crippen molar-refractivity contribution in [1.82, 2.24) is 5.32 Å². The van der Waals surface area contributed by atoms with Crippen molar-refractivity contribution in [2.45, 2.75) is 74.9 Å². The molecule has 10 atom stereocenters. The van der Waals surface area contributed by atoms with E-state index in [0.29, 0.717) is 0 Å². The fourth-order valence-electron chi connectivity index (χ4n) is 3.75. The van der Waals surface area contributed by atoms with E-state index in [9.17, 15) is 35.4 Å². The Balaban J connectivity index is 1.66. The predicted octanol–water partition coefficient (Wildman–Crippen LogP) is -3.03. The molecule has 1 aromatic carbocycles. The molecule has 186 valence electrons. The molecule has 1 amide bonds. The van der Waals surface area contributed by atoms with Crippen LogP contribution in [0, 0.1) is 0 Å². The van der Waals surface area contributed by atoms with Crippen molar-refractivity contribution in [2.75, 3.05) is 13.2 Å². The normalized spacial score (nSPS) is 39.2.